The number of para-hydroxylation sites is 1. The van der Waals surface area contributed by atoms with Crippen molar-refractivity contribution in [3.8, 4) is 5.75 Å². The van der Waals surface area contributed by atoms with Crippen LogP contribution in [0.25, 0.3) is 0 Å². The Kier molecular flexibility index (Phi) is 8.13. The SMILES string of the molecule is CCOC(C)(C)C(=O)OCOC(=O)c1cccc2c1OB(O)[C@@H](NC(=O)CC(F)(F)F)C2. The maximum absolute atomic E-state index is 12.4. The van der Waals surface area contributed by atoms with Crippen molar-refractivity contribution in [2.45, 2.75) is 51.3 Å². The van der Waals surface area contributed by atoms with Crippen LogP contribution in [0.1, 0.15) is 43.1 Å². The normalized spacial score (nSPS) is 16.0. The van der Waals surface area contributed by atoms with Crippen LogP contribution in [-0.2, 0) is 30.2 Å². The van der Waals surface area contributed by atoms with E-state index in [2.05, 4.69) is 5.32 Å². The van der Waals surface area contributed by atoms with Crippen LogP contribution in [0, 0.1) is 0 Å². The molecule has 13 heteroatoms. The molecule has 9 nitrogen and oxygen atoms in total. The minimum absolute atomic E-state index is 0.0488. The molecule has 1 amide bonds. The molecule has 1 aliphatic rings. The van der Waals surface area contributed by atoms with Gasteiger partial charge in [-0.3, -0.25) is 4.79 Å². The Bertz CT molecular complexity index is 861. The fourth-order valence-electron chi connectivity index (χ4n) is 2.96. The average Bonchev–Trinajstić information content (AvgIpc) is 2.66. The van der Waals surface area contributed by atoms with Gasteiger partial charge in [-0.15, -0.1) is 0 Å². The zero-order valence-electron chi connectivity index (χ0n) is 17.7. The van der Waals surface area contributed by atoms with Gasteiger partial charge in [-0.1, -0.05) is 12.1 Å². The number of amides is 1. The Hall–Kier alpha value is -2.80. The maximum Gasteiger partial charge on any atom is 0.547 e. The van der Waals surface area contributed by atoms with E-state index >= 15 is 0 Å². The summed E-state index contributed by atoms with van der Waals surface area (Å²) in [5, 5.41) is 12.2. The van der Waals surface area contributed by atoms with Crippen molar-refractivity contribution in [3.05, 3.63) is 29.3 Å². The van der Waals surface area contributed by atoms with Gasteiger partial charge in [0.1, 0.15) is 17.7 Å². The summed E-state index contributed by atoms with van der Waals surface area (Å²) in [6, 6.07) is 4.32. The molecule has 0 saturated carbocycles. The van der Waals surface area contributed by atoms with Crippen molar-refractivity contribution in [2.75, 3.05) is 13.4 Å². The second kappa shape index (κ2) is 10.2. The molecule has 0 aliphatic carbocycles. The van der Waals surface area contributed by atoms with Gasteiger partial charge in [-0.25, -0.2) is 9.59 Å². The lowest BCUT2D eigenvalue weighted by Gasteiger charge is -2.29. The number of esters is 2. The number of carbonyl (C=O) groups excluding carboxylic acids is 3. The molecule has 32 heavy (non-hydrogen) atoms. The summed E-state index contributed by atoms with van der Waals surface area (Å²) in [5.74, 6) is -4.18. The average molecular weight is 461 g/mol. The summed E-state index contributed by atoms with van der Waals surface area (Å²) < 4.78 is 57.4. The fraction of sp³-hybridized carbons (Fsp3) is 0.526. The van der Waals surface area contributed by atoms with E-state index in [0.29, 0.717) is 5.56 Å². The highest BCUT2D eigenvalue weighted by molar-refractivity contribution is 6.47. The highest BCUT2D eigenvalue weighted by Crippen LogP contribution is 2.31. The highest BCUT2D eigenvalue weighted by atomic mass is 19.4. The molecule has 1 aliphatic heterocycles. The minimum atomic E-state index is -4.69. The van der Waals surface area contributed by atoms with Gasteiger partial charge < -0.3 is 29.2 Å². The Labute approximate surface area is 182 Å². The molecule has 0 saturated heterocycles. The number of hydrogen-bond acceptors (Lipinski definition) is 8. The van der Waals surface area contributed by atoms with E-state index < -0.39 is 55.9 Å². The lowest BCUT2D eigenvalue weighted by Crippen LogP contribution is -2.53. The van der Waals surface area contributed by atoms with Gasteiger partial charge in [0, 0.05) is 6.61 Å². The third-order valence-electron chi connectivity index (χ3n) is 4.42. The van der Waals surface area contributed by atoms with Gasteiger partial charge in [-0.05, 0) is 38.8 Å². The molecule has 1 aromatic rings. The second-order valence-corrected chi connectivity index (χ2v) is 7.40. The standard InChI is InChI=1S/C19H23BF3NO8/c1-4-31-18(2,3)17(27)30-10-29-16(26)12-7-5-6-11-8-13(20(28)32-15(11)12)24-14(25)9-19(21,22)23/h5-7,13,28H,4,8-10H2,1-3H3,(H,24,25)/t13-/m0/s1. The number of halogens is 3. The third-order valence-corrected chi connectivity index (χ3v) is 4.42. The van der Waals surface area contributed by atoms with Crippen molar-refractivity contribution in [1.29, 1.82) is 0 Å². The first-order valence-electron chi connectivity index (χ1n) is 9.65. The fourth-order valence-corrected chi connectivity index (χ4v) is 2.96. The summed E-state index contributed by atoms with van der Waals surface area (Å²) in [5.41, 5.74) is -0.968. The van der Waals surface area contributed by atoms with Crippen molar-refractivity contribution in [2.24, 2.45) is 0 Å². The van der Waals surface area contributed by atoms with Gasteiger partial charge in [0.25, 0.3) is 0 Å². The Morgan fingerprint density at radius 2 is 1.94 bits per heavy atom. The molecule has 0 unspecified atom stereocenters. The largest absolute Gasteiger partial charge is 0.547 e. The van der Waals surface area contributed by atoms with Crippen LogP contribution in [0.4, 0.5) is 13.2 Å². The maximum atomic E-state index is 12.4. The smallest absolute Gasteiger partial charge is 0.534 e. The first kappa shape index (κ1) is 25.5. The van der Waals surface area contributed by atoms with Crippen LogP contribution >= 0.6 is 0 Å². The highest BCUT2D eigenvalue weighted by Gasteiger charge is 2.40. The number of rotatable bonds is 8. The first-order chi connectivity index (χ1) is 14.8. The van der Waals surface area contributed by atoms with E-state index in [1.165, 1.54) is 32.0 Å². The Morgan fingerprint density at radius 1 is 1.25 bits per heavy atom. The van der Waals surface area contributed by atoms with E-state index in [1.54, 1.807) is 6.92 Å². The number of carbonyl (C=O) groups is 3. The number of nitrogens with one attached hydrogen (secondary N) is 1. The predicted octanol–water partition coefficient (Wildman–Crippen LogP) is 1.55. The van der Waals surface area contributed by atoms with E-state index in [-0.39, 0.29) is 24.3 Å². The van der Waals surface area contributed by atoms with Gasteiger partial charge in [0.05, 0.1) is 5.94 Å². The molecule has 1 aromatic carbocycles. The number of ether oxygens (including phenoxy) is 3. The summed E-state index contributed by atoms with van der Waals surface area (Å²) in [6.45, 7) is 4.26. The van der Waals surface area contributed by atoms with Gasteiger partial charge in [0.15, 0.2) is 5.60 Å². The zero-order chi connectivity index (χ0) is 24.1. The van der Waals surface area contributed by atoms with E-state index in [0.717, 1.165) is 0 Å². The third kappa shape index (κ3) is 6.85. The van der Waals surface area contributed by atoms with Gasteiger partial charge in [0.2, 0.25) is 12.7 Å². The number of alkyl halides is 3. The lowest BCUT2D eigenvalue weighted by atomic mass is 9.72. The molecule has 1 heterocycles. The summed E-state index contributed by atoms with van der Waals surface area (Å²) in [7, 11) is -1.70. The molecule has 2 rings (SSSR count). The quantitative estimate of drug-likeness (QED) is 0.340. The molecule has 2 N–H and O–H groups in total. The van der Waals surface area contributed by atoms with Crippen LogP contribution in [0.5, 0.6) is 5.75 Å². The molecule has 176 valence electrons. The predicted molar refractivity (Wildman–Crippen MR) is 103 cm³/mol. The van der Waals surface area contributed by atoms with Crippen LogP contribution in [-0.4, -0.2) is 61.1 Å². The molecular formula is C19H23BF3NO8. The molecular weight excluding hydrogens is 438 g/mol. The zero-order valence-corrected chi connectivity index (χ0v) is 17.7. The molecule has 0 spiro atoms. The lowest BCUT2D eigenvalue weighted by molar-refractivity contribution is -0.176. The first-order valence-corrected chi connectivity index (χ1v) is 9.65. The Morgan fingerprint density at radius 3 is 2.56 bits per heavy atom. The van der Waals surface area contributed by atoms with Crippen LogP contribution in [0.2, 0.25) is 0 Å². The van der Waals surface area contributed by atoms with E-state index in [1.807, 2.05) is 0 Å². The van der Waals surface area contributed by atoms with Crippen molar-refractivity contribution >= 4 is 25.0 Å². The molecule has 0 aromatic heterocycles. The van der Waals surface area contributed by atoms with Crippen LogP contribution < -0.4 is 9.97 Å². The van der Waals surface area contributed by atoms with Crippen LogP contribution in [0.15, 0.2) is 18.2 Å². The molecule has 0 bridgehead atoms. The summed E-state index contributed by atoms with van der Waals surface area (Å²) in [4.78, 5) is 35.9. The number of hydrogen-bond donors (Lipinski definition) is 2. The van der Waals surface area contributed by atoms with E-state index in [4.69, 9.17) is 18.9 Å². The summed E-state index contributed by atoms with van der Waals surface area (Å²) >= 11 is 0. The number of benzene rings is 1. The topological polar surface area (TPSA) is 120 Å². The summed E-state index contributed by atoms with van der Waals surface area (Å²) in [6.07, 6.45) is -6.48. The Balaban J connectivity index is 2.01. The molecule has 0 fully saturated rings. The van der Waals surface area contributed by atoms with Gasteiger partial charge >= 0.3 is 25.2 Å². The number of fused-ring (bicyclic) bond motifs is 1. The van der Waals surface area contributed by atoms with Crippen molar-refractivity contribution in [3.63, 3.8) is 0 Å². The van der Waals surface area contributed by atoms with Crippen LogP contribution in [0.3, 0.4) is 0 Å². The minimum Gasteiger partial charge on any atom is -0.534 e. The van der Waals surface area contributed by atoms with Crippen molar-refractivity contribution in [1.82, 2.24) is 5.32 Å². The molecule has 0 radical (unpaired) electrons. The van der Waals surface area contributed by atoms with Gasteiger partial charge in [-0.2, -0.15) is 13.2 Å². The van der Waals surface area contributed by atoms with Crippen molar-refractivity contribution < 1.29 is 51.4 Å². The monoisotopic (exact) mass is 461 g/mol. The second-order valence-electron chi connectivity index (χ2n) is 7.40. The van der Waals surface area contributed by atoms with E-state index in [9.17, 15) is 32.6 Å². The molecule has 1 atom stereocenters.